The molecular formula is C10H21NO. The predicted molar refractivity (Wildman–Crippen MR) is 51.7 cm³/mol. The molecule has 0 aromatic carbocycles. The van der Waals surface area contributed by atoms with E-state index in [-0.39, 0.29) is 11.8 Å². The summed E-state index contributed by atoms with van der Waals surface area (Å²) in [5.74, 6) is -0.0999. The van der Waals surface area contributed by atoms with E-state index in [1.54, 1.807) is 0 Å². The lowest BCUT2D eigenvalue weighted by Crippen LogP contribution is -2.20. The molecule has 0 fully saturated rings. The van der Waals surface area contributed by atoms with Gasteiger partial charge in [-0.1, -0.05) is 46.0 Å². The maximum Gasteiger partial charge on any atom is 0.220 e. The number of primary amides is 1. The van der Waals surface area contributed by atoms with Crippen LogP contribution < -0.4 is 5.73 Å². The number of amides is 1. The molecule has 2 heteroatoms. The van der Waals surface area contributed by atoms with Crippen LogP contribution in [0.5, 0.6) is 0 Å². The van der Waals surface area contributed by atoms with E-state index in [0.29, 0.717) is 0 Å². The third-order valence-electron chi connectivity index (χ3n) is 2.23. The second kappa shape index (κ2) is 7.14. The molecule has 0 aliphatic carbocycles. The first kappa shape index (κ1) is 11.5. The van der Waals surface area contributed by atoms with Gasteiger partial charge in [-0.2, -0.15) is 0 Å². The van der Waals surface area contributed by atoms with E-state index in [9.17, 15) is 4.79 Å². The Balaban J connectivity index is 3.14. The number of carbonyl (C=O) groups is 1. The van der Waals surface area contributed by atoms with Crippen LogP contribution in [0.3, 0.4) is 0 Å². The molecule has 0 saturated carbocycles. The van der Waals surface area contributed by atoms with Gasteiger partial charge < -0.3 is 5.73 Å². The standard InChI is InChI=1S/C10H21NO/c1-3-4-5-6-7-8-9(2)10(11)12/h9H,3-8H2,1-2H3,(H2,11,12)/t9-/m0/s1. The molecule has 0 heterocycles. The van der Waals surface area contributed by atoms with E-state index in [0.717, 1.165) is 12.8 Å². The maximum absolute atomic E-state index is 10.6. The number of nitrogens with two attached hydrogens (primary N) is 1. The van der Waals surface area contributed by atoms with Gasteiger partial charge in [0.25, 0.3) is 0 Å². The zero-order valence-corrected chi connectivity index (χ0v) is 8.31. The van der Waals surface area contributed by atoms with Crippen LogP contribution in [0.25, 0.3) is 0 Å². The SMILES string of the molecule is CCCCCCC[C@H](C)C(N)=O. The van der Waals surface area contributed by atoms with Crippen molar-refractivity contribution in [3.63, 3.8) is 0 Å². The molecule has 0 bridgehead atoms. The van der Waals surface area contributed by atoms with Crippen LogP contribution in [0.4, 0.5) is 0 Å². The number of rotatable bonds is 7. The van der Waals surface area contributed by atoms with Gasteiger partial charge in [0.1, 0.15) is 0 Å². The lowest BCUT2D eigenvalue weighted by Gasteiger charge is -2.05. The molecule has 0 spiro atoms. The normalized spacial score (nSPS) is 12.8. The Labute approximate surface area is 75.5 Å². The molecule has 0 aromatic rings. The summed E-state index contributed by atoms with van der Waals surface area (Å²) in [4.78, 5) is 10.6. The quantitative estimate of drug-likeness (QED) is 0.587. The zero-order valence-electron chi connectivity index (χ0n) is 8.31. The van der Waals surface area contributed by atoms with Crippen LogP contribution in [-0.2, 0) is 4.79 Å². The Morgan fingerprint density at radius 2 is 1.83 bits per heavy atom. The monoisotopic (exact) mass is 171 g/mol. The van der Waals surface area contributed by atoms with Gasteiger partial charge >= 0.3 is 0 Å². The third kappa shape index (κ3) is 6.20. The summed E-state index contributed by atoms with van der Waals surface area (Å²) in [6, 6.07) is 0. The largest absolute Gasteiger partial charge is 0.369 e. The van der Waals surface area contributed by atoms with Crippen molar-refractivity contribution in [3.8, 4) is 0 Å². The number of carbonyl (C=O) groups excluding carboxylic acids is 1. The summed E-state index contributed by atoms with van der Waals surface area (Å²) in [6.07, 6.45) is 7.22. The van der Waals surface area contributed by atoms with Gasteiger partial charge in [0, 0.05) is 5.92 Å². The van der Waals surface area contributed by atoms with Gasteiger partial charge in [0.15, 0.2) is 0 Å². The molecule has 0 unspecified atom stereocenters. The molecule has 1 atom stereocenters. The smallest absolute Gasteiger partial charge is 0.220 e. The number of unbranched alkanes of at least 4 members (excludes halogenated alkanes) is 4. The molecule has 0 aromatic heterocycles. The molecule has 2 nitrogen and oxygen atoms in total. The molecule has 0 rings (SSSR count). The van der Waals surface area contributed by atoms with E-state index in [1.165, 1.54) is 25.7 Å². The lowest BCUT2D eigenvalue weighted by atomic mass is 10.0. The van der Waals surface area contributed by atoms with Crippen molar-refractivity contribution in [1.82, 2.24) is 0 Å². The summed E-state index contributed by atoms with van der Waals surface area (Å²) >= 11 is 0. The van der Waals surface area contributed by atoms with Gasteiger partial charge in [-0.15, -0.1) is 0 Å². The fourth-order valence-electron chi connectivity index (χ4n) is 1.20. The van der Waals surface area contributed by atoms with Crippen molar-refractivity contribution < 1.29 is 4.79 Å². The highest BCUT2D eigenvalue weighted by Gasteiger charge is 2.06. The molecule has 0 aliphatic rings. The minimum absolute atomic E-state index is 0.0617. The van der Waals surface area contributed by atoms with Crippen LogP contribution in [0.1, 0.15) is 52.4 Å². The van der Waals surface area contributed by atoms with Gasteiger partial charge in [-0.3, -0.25) is 4.79 Å². The molecule has 72 valence electrons. The Bertz CT molecular complexity index is 123. The molecule has 2 N–H and O–H groups in total. The summed E-state index contributed by atoms with van der Waals surface area (Å²) in [5.41, 5.74) is 5.14. The minimum atomic E-state index is -0.162. The minimum Gasteiger partial charge on any atom is -0.369 e. The van der Waals surface area contributed by atoms with Crippen LogP contribution in [0.2, 0.25) is 0 Å². The number of hydrogen-bond donors (Lipinski definition) is 1. The Kier molecular flexibility index (Phi) is 6.82. The Morgan fingerprint density at radius 1 is 1.25 bits per heavy atom. The summed E-state index contributed by atoms with van der Waals surface area (Å²) in [7, 11) is 0. The second-order valence-corrected chi connectivity index (χ2v) is 3.51. The topological polar surface area (TPSA) is 43.1 Å². The van der Waals surface area contributed by atoms with Crippen LogP contribution >= 0.6 is 0 Å². The third-order valence-corrected chi connectivity index (χ3v) is 2.23. The van der Waals surface area contributed by atoms with Crippen molar-refractivity contribution in [1.29, 1.82) is 0 Å². The Morgan fingerprint density at radius 3 is 2.33 bits per heavy atom. The van der Waals surface area contributed by atoms with Crippen LogP contribution in [0.15, 0.2) is 0 Å². The molecule has 0 saturated heterocycles. The first-order valence-corrected chi connectivity index (χ1v) is 4.97. The first-order valence-electron chi connectivity index (χ1n) is 4.97. The fraction of sp³-hybridized carbons (Fsp3) is 0.900. The second-order valence-electron chi connectivity index (χ2n) is 3.51. The van der Waals surface area contributed by atoms with Gasteiger partial charge in [0.05, 0.1) is 0 Å². The van der Waals surface area contributed by atoms with Crippen molar-refractivity contribution in [2.45, 2.75) is 52.4 Å². The van der Waals surface area contributed by atoms with Crippen molar-refractivity contribution in [3.05, 3.63) is 0 Å². The Hall–Kier alpha value is -0.530. The highest BCUT2D eigenvalue weighted by Crippen LogP contribution is 2.10. The van der Waals surface area contributed by atoms with Crippen molar-refractivity contribution in [2.75, 3.05) is 0 Å². The zero-order chi connectivity index (χ0) is 9.40. The van der Waals surface area contributed by atoms with E-state index < -0.39 is 0 Å². The van der Waals surface area contributed by atoms with E-state index in [1.807, 2.05) is 6.92 Å². The van der Waals surface area contributed by atoms with E-state index in [4.69, 9.17) is 5.73 Å². The average Bonchev–Trinajstić information content (AvgIpc) is 2.03. The average molecular weight is 171 g/mol. The lowest BCUT2D eigenvalue weighted by molar-refractivity contribution is -0.121. The fourth-order valence-corrected chi connectivity index (χ4v) is 1.20. The molecule has 0 aliphatic heterocycles. The predicted octanol–water partition coefficient (Wildman–Crippen LogP) is 2.47. The highest BCUT2D eigenvalue weighted by atomic mass is 16.1. The van der Waals surface area contributed by atoms with Crippen LogP contribution in [-0.4, -0.2) is 5.91 Å². The summed E-state index contributed by atoms with van der Waals surface area (Å²) < 4.78 is 0. The molecular weight excluding hydrogens is 150 g/mol. The van der Waals surface area contributed by atoms with E-state index in [2.05, 4.69) is 6.92 Å². The van der Waals surface area contributed by atoms with Gasteiger partial charge in [-0.05, 0) is 6.42 Å². The molecule has 12 heavy (non-hydrogen) atoms. The maximum atomic E-state index is 10.6. The molecule has 0 radical (unpaired) electrons. The van der Waals surface area contributed by atoms with Crippen molar-refractivity contribution in [2.24, 2.45) is 11.7 Å². The van der Waals surface area contributed by atoms with Crippen LogP contribution in [0, 0.1) is 5.92 Å². The molecule has 1 amide bonds. The van der Waals surface area contributed by atoms with Gasteiger partial charge in [-0.25, -0.2) is 0 Å². The highest BCUT2D eigenvalue weighted by molar-refractivity contribution is 5.76. The first-order chi connectivity index (χ1) is 5.68. The van der Waals surface area contributed by atoms with E-state index >= 15 is 0 Å². The summed E-state index contributed by atoms with van der Waals surface area (Å²) in [5, 5.41) is 0. The van der Waals surface area contributed by atoms with Gasteiger partial charge in [0.2, 0.25) is 5.91 Å². The number of hydrogen-bond acceptors (Lipinski definition) is 1. The van der Waals surface area contributed by atoms with Crippen molar-refractivity contribution >= 4 is 5.91 Å². The summed E-state index contributed by atoms with van der Waals surface area (Å²) in [6.45, 7) is 4.11.